The van der Waals surface area contributed by atoms with E-state index in [1.807, 2.05) is 6.20 Å². The molecule has 1 aromatic heterocycles. The van der Waals surface area contributed by atoms with Crippen LogP contribution in [-0.4, -0.2) is 32.7 Å². The van der Waals surface area contributed by atoms with Crippen LogP contribution < -0.4 is 5.32 Å². The maximum absolute atomic E-state index is 8.74. The second-order valence-corrected chi connectivity index (χ2v) is 4.12. The van der Waals surface area contributed by atoms with Crippen molar-refractivity contribution in [1.29, 1.82) is 0 Å². The third-order valence-corrected chi connectivity index (χ3v) is 2.54. The minimum atomic E-state index is 0.100. The van der Waals surface area contributed by atoms with Crippen LogP contribution in [0.2, 0.25) is 0 Å². The number of hydrogen-bond acceptors (Lipinski definition) is 4. The van der Waals surface area contributed by atoms with Gasteiger partial charge in [0.1, 0.15) is 0 Å². The van der Waals surface area contributed by atoms with Crippen molar-refractivity contribution in [3.63, 3.8) is 0 Å². The van der Waals surface area contributed by atoms with E-state index in [9.17, 15) is 0 Å². The van der Waals surface area contributed by atoms with Crippen molar-refractivity contribution in [3.05, 3.63) is 11.9 Å². The summed E-state index contributed by atoms with van der Waals surface area (Å²) >= 11 is 0. The molecule has 0 aliphatic carbocycles. The molecule has 5 heteroatoms. The van der Waals surface area contributed by atoms with Crippen molar-refractivity contribution in [2.24, 2.45) is 0 Å². The summed E-state index contributed by atoms with van der Waals surface area (Å²) in [5.74, 6) is 0. The third kappa shape index (κ3) is 4.72. The molecule has 1 aromatic rings. The lowest BCUT2D eigenvalue weighted by Crippen LogP contribution is -2.25. The molecule has 0 aliphatic heterocycles. The van der Waals surface area contributed by atoms with Crippen LogP contribution in [0.3, 0.4) is 0 Å². The first-order chi connectivity index (χ1) is 7.76. The van der Waals surface area contributed by atoms with Gasteiger partial charge in [0.05, 0.1) is 18.8 Å². The minimum Gasteiger partial charge on any atom is -0.394 e. The van der Waals surface area contributed by atoms with Crippen molar-refractivity contribution >= 4 is 0 Å². The monoisotopic (exact) mass is 226 g/mol. The van der Waals surface area contributed by atoms with Crippen LogP contribution in [0.25, 0.3) is 0 Å². The first-order valence-electron chi connectivity index (χ1n) is 5.99. The van der Waals surface area contributed by atoms with E-state index < -0.39 is 0 Å². The predicted octanol–water partition coefficient (Wildman–Crippen LogP) is 0.939. The van der Waals surface area contributed by atoms with Crippen LogP contribution in [0.4, 0.5) is 0 Å². The molecule has 1 rings (SSSR count). The molecule has 0 aromatic carbocycles. The number of aliphatic hydroxyl groups excluding tert-OH is 1. The van der Waals surface area contributed by atoms with E-state index in [4.69, 9.17) is 5.11 Å². The normalized spacial score (nSPS) is 12.9. The predicted molar refractivity (Wildman–Crippen MR) is 62.9 cm³/mol. The Morgan fingerprint density at radius 3 is 3.06 bits per heavy atom. The Labute approximate surface area is 96.9 Å². The van der Waals surface area contributed by atoms with Crippen LogP contribution in [0, 0.1) is 0 Å². The zero-order valence-corrected chi connectivity index (χ0v) is 10.2. The Kier molecular flexibility index (Phi) is 6.03. The van der Waals surface area contributed by atoms with E-state index in [0.717, 1.165) is 12.2 Å². The fourth-order valence-electron chi connectivity index (χ4n) is 1.52. The molecule has 16 heavy (non-hydrogen) atoms. The Morgan fingerprint density at radius 2 is 2.38 bits per heavy atom. The Balaban J connectivity index is 2.25. The number of nitrogens with one attached hydrogen (secondary N) is 1. The molecule has 92 valence electrons. The molecule has 0 radical (unpaired) electrons. The lowest BCUT2D eigenvalue weighted by Gasteiger charge is -2.11. The first-order valence-corrected chi connectivity index (χ1v) is 5.99. The molecular formula is C11H22N4O. The third-order valence-electron chi connectivity index (χ3n) is 2.54. The van der Waals surface area contributed by atoms with Gasteiger partial charge in [0.2, 0.25) is 0 Å². The van der Waals surface area contributed by atoms with Crippen molar-refractivity contribution < 1.29 is 5.11 Å². The Bertz CT molecular complexity index is 287. The second kappa shape index (κ2) is 7.35. The molecule has 1 heterocycles. The van der Waals surface area contributed by atoms with Crippen LogP contribution in [-0.2, 0) is 13.1 Å². The fourth-order valence-corrected chi connectivity index (χ4v) is 1.52. The van der Waals surface area contributed by atoms with Gasteiger partial charge in [-0.15, -0.1) is 5.10 Å². The van der Waals surface area contributed by atoms with E-state index >= 15 is 0 Å². The molecule has 1 atom stereocenters. The molecule has 0 saturated carbocycles. The molecule has 0 amide bonds. The summed E-state index contributed by atoms with van der Waals surface area (Å²) in [5.41, 5.74) is 0.928. The summed E-state index contributed by atoms with van der Waals surface area (Å²) in [6.45, 7) is 5.75. The van der Waals surface area contributed by atoms with E-state index in [1.54, 1.807) is 4.68 Å². The zero-order chi connectivity index (χ0) is 11.8. The SMILES string of the molecule is CCCCC(C)NCc1cn(CCO)nn1. The summed E-state index contributed by atoms with van der Waals surface area (Å²) < 4.78 is 1.66. The molecule has 1 unspecified atom stereocenters. The highest BCUT2D eigenvalue weighted by Gasteiger charge is 2.03. The first kappa shape index (κ1) is 13.1. The fraction of sp³-hybridized carbons (Fsp3) is 0.818. The molecule has 5 nitrogen and oxygen atoms in total. The summed E-state index contributed by atoms with van der Waals surface area (Å²) in [7, 11) is 0. The van der Waals surface area contributed by atoms with E-state index in [-0.39, 0.29) is 6.61 Å². The van der Waals surface area contributed by atoms with Gasteiger partial charge in [-0.1, -0.05) is 25.0 Å². The van der Waals surface area contributed by atoms with Crippen LogP contribution in [0.1, 0.15) is 38.8 Å². The number of nitrogens with zero attached hydrogens (tertiary/aromatic N) is 3. The van der Waals surface area contributed by atoms with Crippen LogP contribution in [0.5, 0.6) is 0 Å². The molecule has 0 spiro atoms. The van der Waals surface area contributed by atoms with Crippen LogP contribution >= 0.6 is 0 Å². The van der Waals surface area contributed by atoms with Gasteiger partial charge in [0, 0.05) is 18.8 Å². The molecule has 0 saturated heterocycles. The Morgan fingerprint density at radius 1 is 1.56 bits per heavy atom. The maximum atomic E-state index is 8.74. The molecular weight excluding hydrogens is 204 g/mol. The summed E-state index contributed by atoms with van der Waals surface area (Å²) in [4.78, 5) is 0. The Hall–Kier alpha value is -0.940. The standard InChI is InChI=1S/C11H22N4O/c1-3-4-5-10(2)12-8-11-9-15(6-7-16)14-13-11/h9-10,12,16H,3-8H2,1-2H3. The average Bonchev–Trinajstić information content (AvgIpc) is 2.72. The number of aromatic nitrogens is 3. The largest absolute Gasteiger partial charge is 0.394 e. The second-order valence-electron chi connectivity index (χ2n) is 4.12. The number of rotatable bonds is 8. The van der Waals surface area contributed by atoms with E-state index in [0.29, 0.717) is 12.6 Å². The van der Waals surface area contributed by atoms with Crippen molar-refractivity contribution in [1.82, 2.24) is 20.3 Å². The summed E-state index contributed by atoms with van der Waals surface area (Å²) in [6.07, 6.45) is 5.56. The molecule has 2 N–H and O–H groups in total. The average molecular weight is 226 g/mol. The lowest BCUT2D eigenvalue weighted by molar-refractivity contribution is 0.268. The summed E-state index contributed by atoms with van der Waals surface area (Å²) in [6, 6.07) is 0.517. The zero-order valence-electron chi connectivity index (χ0n) is 10.2. The van der Waals surface area contributed by atoms with Gasteiger partial charge < -0.3 is 10.4 Å². The highest BCUT2D eigenvalue weighted by molar-refractivity contribution is 4.91. The van der Waals surface area contributed by atoms with Gasteiger partial charge in [-0.25, -0.2) is 4.68 Å². The van der Waals surface area contributed by atoms with Gasteiger partial charge in [-0.05, 0) is 13.3 Å². The van der Waals surface area contributed by atoms with E-state index in [1.165, 1.54) is 19.3 Å². The molecule has 0 fully saturated rings. The molecule has 0 bridgehead atoms. The quantitative estimate of drug-likeness (QED) is 0.692. The summed E-state index contributed by atoms with van der Waals surface area (Å²) in [5, 5.41) is 20.1. The van der Waals surface area contributed by atoms with Gasteiger partial charge in [0.15, 0.2) is 0 Å². The van der Waals surface area contributed by atoms with Crippen molar-refractivity contribution in [3.8, 4) is 0 Å². The van der Waals surface area contributed by atoms with Gasteiger partial charge in [-0.2, -0.15) is 0 Å². The van der Waals surface area contributed by atoms with Crippen molar-refractivity contribution in [2.45, 2.75) is 52.2 Å². The van der Waals surface area contributed by atoms with Crippen LogP contribution in [0.15, 0.2) is 6.20 Å². The van der Waals surface area contributed by atoms with Gasteiger partial charge in [-0.3, -0.25) is 0 Å². The number of aliphatic hydroxyl groups is 1. The van der Waals surface area contributed by atoms with Gasteiger partial charge >= 0.3 is 0 Å². The maximum Gasteiger partial charge on any atom is 0.0964 e. The molecule has 0 aliphatic rings. The smallest absolute Gasteiger partial charge is 0.0964 e. The topological polar surface area (TPSA) is 63.0 Å². The number of hydrogen-bond donors (Lipinski definition) is 2. The van der Waals surface area contributed by atoms with Gasteiger partial charge in [0.25, 0.3) is 0 Å². The lowest BCUT2D eigenvalue weighted by atomic mass is 10.1. The van der Waals surface area contributed by atoms with Crippen molar-refractivity contribution in [2.75, 3.05) is 6.61 Å². The highest BCUT2D eigenvalue weighted by atomic mass is 16.3. The van der Waals surface area contributed by atoms with E-state index in [2.05, 4.69) is 29.5 Å². The minimum absolute atomic E-state index is 0.100. The number of unbranched alkanes of at least 4 members (excludes halogenated alkanes) is 1. The highest BCUT2D eigenvalue weighted by Crippen LogP contribution is 2.01.